The Labute approximate surface area is 132 Å². The Hall–Kier alpha value is -1.32. The van der Waals surface area contributed by atoms with E-state index in [-0.39, 0.29) is 5.54 Å². The van der Waals surface area contributed by atoms with Gasteiger partial charge in [-0.1, -0.05) is 18.2 Å². The zero-order chi connectivity index (χ0) is 15.3. The quantitative estimate of drug-likeness (QED) is 0.819. The van der Waals surface area contributed by atoms with Gasteiger partial charge in [0.1, 0.15) is 0 Å². The SMILES string of the molecule is Cc1cncc(CSc2cccc(CNC(C)(C)C)c2)c1. The minimum absolute atomic E-state index is 0.149. The summed E-state index contributed by atoms with van der Waals surface area (Å²) in [7, 11) is 0. The minimum Gasteiger partial charge on any atom is -0.308 e. The van der Waals surface area contributed by atoms with Gasteiger partial charge in [-0.25, -0.2) is 0 Å². The first kappa shape index (κ1) is 16.1. The molecule has 0 radical (unpaired) electrons. The molecule has 0 spiro atoms. The molecule has 0 saturated carbocycles. The molecule has 0 unspecified atom stereocenters. The smallest absolute Gasteiger partial charge is 0.0308 e. The van der Waals surface area contributed by atoms with Crippen LogP contribution in [0.3, 0.4) is 0 Å². The van der Waals surface area contributed by atoms with Crippen molar-refractivity contribution in [1.29, 1.82) is 0 Å². The Morgan fingerprint density at radius 3 is 2.62 bits per heavy atom. The molecule has 2 nitrogen and oxygen atoms in total. The second-order valence-electron chi connectivity index (χ2n) is 6.41. The Morgan fingerprint density at radius 2 is 1.90 bits per heavy atom. The number of pyridine rings is 1. The van der Waals surface area contributed by atoms with Crippen molar-refractivity contribution in [3.63, 3.8) is 0 Å². The van der Waals surface area contributed by atoms with E-state index in [1.807, 2.05) is 24.2 Å². The van der Waals surface area contributed by atoms with Crippen molar-refractivity contribution >= 4 is 11.8 Å². The molecule has 112 valence electrons. The summed E-state index contributed by atoms with van der Waals surface area (Å²) in [5, 5.41) is 3.53. The second-order valence-corrected chi connectivity index (χ2v) is 7.46. The van der Waals surface area contributed by atoms with Crippen LogP contribution >= 0.6 is 11.8 Å². The first-order valence-electron chi connectivity index (χ1n) is 7.30. The van der Waals surface area contributed by atoms with Crippen LogP contribution in [0.1, 0.15) is 37.5 Å². The van der Waals surface area contributed by atoms with Gasteiger partial charge < -0.3 is 5.32 Å². The molecule has 2 aromatic rings. The van der Waals surface area contributed by atoms with E-state index in [0.717, 1.165) is 12.3 Å². The van der Waals surface area contributed by atoms with Gasteiger partial charge in [0.15, 0.2) is 0 Å². The van der Waals surface area contributed by atoms with Gasteiger partial charge in [-0.3, -0.25) is 4.98 Å². The zero-order valence-corrected chi connectivity index (χ0v) is 14.1. The normalized spacial score (nSPS) is 11.6. The molecule has 0 bridgehead atoms. The van der Waals surface area contributed by atoms with E-state index in [0.29, 0.717) is 0 Å². The molecular weight excluding hydrogens is 276 g/mol. The van der Waals surface area contributed by atoms with Gasteiger partial charge in [-0.2, -0.15) is 0 Å². The van der Waals surface area contributed by atoms with Crippen LogP contribution in [0.25, 0.3) is 0 Å². The summed E-state index contributed by atoms with van der Waals surface area (Å²) in [6, 6.07) is 11.0. The predicted molar refractivity (Wildman–Crippen MR) is 91.6 cm³/mol. The molecule has 1 aromatic heterocycles. The minimum atomic E-state index is 0.149. The summed E-state index contributed by atoms with van der Waals surface area (Å²) in [4.78, 5) is 5.56. The van der Waals surface area contributed by atoms with E-state index in [1.54, 1.807) is 0 Å². The number of benzene rings is 1. The van der Waals surface area contributed by atoms with E-state index < -0.39 is 0 Å². The number of nitrogens with one attached hydrogen (secondary N) is 1. The van der Waals surface area contributed by atoms with Crippen molar-refractivity contribution in [2.24, 2.45) is 0 Å². The molecule has 0 aliphatic heterocycles. The van der Waals surface area contributed by atoms with Gasteiger partial charge in [0.05, 0.1) is 0 Å². The van der Waals surface area contributed by atoms with Gasteiger partial charge >= 0.3 is 0 Å². The molecule has 0 fully saturated rings. The fourth-order valence-corrected chi connectivity index (χ4v) is 2.88. The number of rotatable bonds is 5. The third kappa shape index (κ3) is 5.90. The van der Waals surface area contributed by atoms with Crippen molar-refractivity contribution in [3.8, 4) is 0 Å². The molecule has 2 rings (SSSR count). The van der Waals surface area contributed by atoms with Crippen molar-refractivity contribution in [3.05, 3.63) is 59.4 Å². The molecule has 0 aliphatic rings. The highest BCUT2D eigenvalue weighted by Crippen LogP contribution is 2.23. The number of hydrogen-bond donors (Lipinski definition) is 1. The van der Waals surface area contributed by atoms with E-state index >= 15 is 0 Å². The molecule has 0 aliphatic carbocycles. The molecule has 0 saturated heterocycles. The monoisotopic (exact) mass is 300 g/mol. The highest BCUT2D eigenvalue weighted by atomic mass is 32.2. The number of aryl methyl sites for hydroxylation is 1. The standard InChI is InChI=1S/C18H24N2S/c1-14-8-16(11-19-10-14)13-21-17-7-5-6-15(9-17)12-20-18(2,3)4/h5-11,20H,12-13H2,1-4H3. The van der Waals surface area contributed by atoms with Crippen molar-refractivity contribution in [1.82, 2.24) is 10.3 Å². The van der Waals surface area contributed by atoms with Crippen LogP contribution in [0.2, 0.25) is 0 Å². The lowest BCUT2D eigenvalue weighted by Gasteiger charge is -2.20. The molecule has 21 heavy (non-hydrogen) atoms. The fourth-order valence-electron chi connectivity index (χ4n) is 1.98. The average Bonchev–Trinajstić information content (AvgIpc) is 2.43. The third-order valence-corrected chi connectivity index (χ3v) is 4.12. The van der Waals surface area contributed by atoms with Gasteiger partial charge in [0, 0.05) is 35.1 Å². The van der Waals surface area contributed by atoms with E-state index in [2.05, 4.69) is 68.3 Å². The van der Waals surface area contributed by atoms with Gasteiger partial charge in [-0.05, 0) is 56.5 Å². The number of thioether (sulfide) groups is 1. The number of aromatic nitrogens is 1. The van der Waals surface area contributed by atoms with Crippen LogP contribution < -0.4 is 5.32 Å². The van der Waals surface area contributed by atoms with E-state index in [4.69, 9.17) is 0 Å². The molecule has 0 amide bonds. The topological polar surface area (TPSA) is 24.9 Å². The lowest BCUT2D eigenvalue weighted by molar-refractivity contribution is 0.424. The Morgan fingerprint density at radius 1 is 1.10 bits per heavy atom. The maximum absolute atomic E-state index is 4.25. The molecule has 1 aromatic carbocycles. The van der Waals surface area contributed by atoms with Gasteiger partial charge in [0.2, 0.25) is 0 Å². The van der Waals surface area contributed by atoms with E-state index in [1.165, 1.54) is 21.6 Å². The highest BCUT2D eigenvalue weighted by molar-refractivity contribution is 7.98. The number of hydrogen-bond acceptors (Lipinski definition) is 3. The zero-order valence-electron chi connectivity index (χ0n) is 13.3. The first-order chi connectivity index (χ1) is 9.92. The first-order valence-corrected chi connectivity index (χ1v) is 8.28. The Bertz CT molecular complexity index is 588. The highest BCUT2D eigenvalue weighted by Gasteiger charge is 2.08. The van der Waals surface area contributed by atoms with E-state index in [9.17, 15) is 0 Å². The summed E-state index contributed by atoms with van der Waals surface area (Å²) >= 11 is 1.86. The second kappa shape index (κ2) is 7.10. The summed E-state index contributed by atoms with van der Waals surface area (Å²) in [5.41, 5.74) is 3.97. The fraction of sp³-hybridized carbons (Fsp3) is 0.389. The van der Waals surface area contributed by atoms with Crippen molar-refractivity contribution in [2.75, 3.05) is 0 Å². The van der Waals surface area contributed by atoms with Crippen LogP contribution in [-0.4, -0.2) is 10.5 Å². The maximum Gasteiger partial charge on any atom is 0.0308 e. The molecule has 0 atom stereocenters. The maximum atomic E-state index is 4.25. The average molecular weight is 300 g/mol. The van der Waals surface area contributed by atoms with Crippen LogP contribution in [0, 0.1) is 6.92 Å². The predicted octanol–water partition coefficient (Wildman–Crippen LogP) is 4.57. The van der Waals surface area contributed by atoms with Gasteiger partial charge in [-0.15, -0.1) is 11.8 Å². The number of nitrogens with zero attached hydrogens (tertiary/aromatic N) is 1. The van der Waals surface area contributed by atoms with Crippen LogP contribution in [0.4, 0.5) is 0 Å². The molecular formula is C18H24N2S. The molecule has 1 N–H and O–H groups in total. The Balaban J connectivity index is 1.95. The van der Waals surface area contributed by atoms with Crippen LogP contribution in [0.15, 0.2) is 47.6 Å². The summed E-state index contributed by atoms with van der Waals surface area (Å²) in [5.74, 6) is 0.963. The molecule has 1 heterocycles. The van der Waals surface area contributed by atoms with Crippen LogP contribution in [-0.2, 0) is 12.3 Å². The van der Waals surface area contributed by atoms with Gasteiger partial charge in [0.25, 0.3) is 0 Å². The summed E-state index contributed by atoms with van der Waals surface area (Å²) in [6.45, 7) is 9.56. The van der Waals surface area contributed by atoms with Crippen LogP contribution in [0.5, 0.6) is 0 Å². The largest absolute Gasteiger partial charge is 0.308 e. The van der Waals surface area contributed by atoms with Crippen molar-refractivity contribution < 1.29 is 0 Å². The summed E-state index contributed by atoms with van der Waals surface area (Å²) < 4.78 is 0. The third-order valence-electron chi connectivity index (χ3n) is 3.06. The van der Waals surface area contributed by atoms with Crippen molar-refractivity contribution in [2.45, 2.75) is 50.4 Å². The summed E-state index contributed by atoms with van der Waals surface area (Å²) in [6.07, 6.45) is 3.85. The lowest BCUT2D eigenvalue weighted by Crippen LogP contribution is -2.35. The Kier molecular flexibility index (Phi) is 5.43. The molecule has 3 heteroatoms. The lowest BCUT2D eigenvalue weighted by atomic mass is 10.1.